The number of ether oxygens (including phenoxy) is 1. The van der Waals surface area contributed by atoms with Gasteiger partial charge in [-0.25, -0.2) is 0 Å². The van der Waals surface area contributed by atoms with Gasteiger partial charge in [-0.2, -0.15) is 0 Å². The quantitative estimate of drug-likeness (QED) is 0.617. The Kier molecular flexibility index (Phi) is 5.11. The van der Waals surface area contributed by atoms with Crippen molar-refractivity contribution >= 4 is 11.7 Å². The number of ketones is 1. The summed E-state index contributed by atoms with van der Waals surface area (Å²) in [6.45, 7) is 7.05. The van der Waals surface area contributed by atoms with Crippen LogP contribution in [-0.4, -0.2) is 24.3 Å². The third kappa shape index (κ3) is 4.05. The Morgan fingerprint density at radius 3 is 2.83 bits per heavy atom. The van der Waals surface area contributed by atoms with Gasteiger partial charge in [0.15, 0.2) is 11.9 Å². The molecule has 0 heterocycles. The van der Waals surface area contributed by atoms with Crippen LogP contribution >= 0.6 is 0 Å². The van der Waals surface area contributed by atoms with Gasteiger partial charge in [-0.1, -0.05) is 18.2 Å². The van der Waals surface area contributed by atoms with E-state index < -0.39 is 6.10 Å². The SMILES string of the molecule is C=CCNC(=O)C(C)Oc1cccc(C(C)=O)c1. The Balaban J connectivity index is 2.66. The number of benzene rings is 1. The molecule has 18 heavy (non-hydrogen) atoms. The van der Waals surface area contributed by atoms with E-state index in [0.717, 1.165) is 0 Å². The lowest BCUT2D eigenvalue weighted by atomic mass is 10.1. The van der Waals surface area contributed by atoms with E-state index in [1.54, 1.807) is 37.3 Å². The summed E-state index contributed by atoms with van der Waals surface area (Å²) in [6.07, 6.45) is 0.980. The third-order valence-electron chi connectivity index (χ3n) is 2.34. The zero-order chi connectivity index (χ0) is 13.5. The molecule has 0 aliphatic heterocycles. The summed E-state index contributed by atoms with van der Waals surface area (Å²) in [4.78, 5) is 22.8. The van der Waals surface area contributed by atoms with E-state index >= 15 is 0 Å². The van der Waals surface area contributed by atoms with Crippen LogP contribution in [0.5, 0.6) is 5.75 Å². The van der Waals surface area contributed by atoms with Crippen molar-refractivity contribution in [2.24, 2.45) is 0 Å². The molecule has 0 aromatic heterocycles. The number of nitrogens with one attached hydrogen (secondary N) is 1. The van der Waals surface area contributed by atoms with Crippen LogP contribution < -0.4 is 10.1 Å². The third-order valence-corrected chi connectivity index (χ3v) is 2.34. The van der Waals surface area contributed by atoms with Gasteiger partial charge in [0.25, 0.3) is 5.91 Å². The van der Waals surface area contributed by atoms with Gasteiger partial charge in [0.2, 0.25) is 0 Å². The highest BCUT2D eigenvalue weighted by Gasteiger charge is 2.13. The Hall–Kier alpha value is -2.10. The van der Waals surface area contributed by atoms with Gasteiger partial charge >= 0.3 is 0 Å². The van der Waals surface area contributed by atoms with E-state index in [0.29, 0.717) is 17.9 Å². The minimum atomic E-state index is -0.618. The van der Waals surface area contributed by atoms with E-state index in [-0.39, 0.29) is 11.7 Å². The average molecular weight is 247 g/mol. The largest absolute Gasteiger partial charge is 0.481 e. The van der Waals surface area contributed by atoms with Gasteiger partial charge < -0.3 is 10.1 Å². The van der Waals surface area contributed by atoms with Crippen LogP contribution in [-0.2, 0) is 4.79 Å². The first kappa shape index (κ1) is 14.0. The Morgan fingerprint density at radius 2 is 2.22 bits per heavy atom. The lowest BCUT2D eigenvalue weighted by Crippen LogP contribution is -2.36. The molecule has 0 saturated carbocycles. The van der Waals surface area contributed by atoms with Crippen LogP contribution in [0.15, 0.2) is 36.9 Å². The molecule has 0 bridgehead atoms. The molecule has 1 aromatic carbocycles. The number of amides is 1. The van der Waals surface area contributed by atoms with Crippen LogP contribution in [0.2, 0.25) is 0 Å². The summed E-state index contributed by atoms with van der Waals surface area (Å²) in [6, 6.07) is 6.77. The molecule has 0 saturated heterocycles. The van der Waals surface area contributed by atoms with Gasteiger partial charge in [0.1, 0.15) is 5.75 Å². The van der Waals surface area contributed by atoms with Crippen molar-refractivity contribution in [1.29, 1.82) is 0 Å². The average Bonchev–Trinajstić information content (AvgIpc) is 2.36. The zero-order valence-corrected chi connectivity index (χ0v) is 10.6. The molecule has 0 aliphatic rings. The van der Waals surface area contributed by atoms with Crippen molar-refractivity contribution in [1.82, 2.24) is 5.32 Å². The second-order valence-corrected chi connectivity index (χ2v) is 3.88. The smallest absolute Gasteiger partial charge is 0.261 e. The molecule has 0 aliphatic carbocycles. The lowest BCUT2D eigenvalue weighted by molar-refractivity contribution is -0.127. The van der Waals surface area contributed by atoms with Crippen LogP contribution in [0.4, 0.5) is 0 Å². The zero-order valence-electron chi connectivity index (χ0n) is 10.6. The van der Waals surface area contributed by atoms with Crippen molar-refractivity contribution in [2.45, 2.75) is 20.0 Å². The number of hydrogen-bond acceptors (Lipinski definition) is 3. The highest BCUT2D eigenvalue weighted by molar-refractivity contribution is 5.94. The van der Waals surface area contributed by atoms with Crippen molar-refractivity contribution in [3.63, 3.8) is 0 Å². The maximum absolute atomic E-state index is 11.6. The van der Waals surface area contributed by atoms with Crippen molar-refractivity contribution in [2.75, 3.05) is 6.54 Å². The highest BCUT2D eigenvalue weighted by atomic mass is 16.5. The minimum Gasteiger partial charge on any atom is -0.481 e. The second kappa shape index (κ2) is 6.59. The highest BCUT2D eigenvalue weighted by Crippen LogP contribution is 2.15. The van der Waals surface area contributed by atoms with Crippen molar-refractivity contribution < 1.29 is 14.3 Å². The van der Waals surface area contributed by atoms with E-state index in [9.17, 15) is 9.59 Å². The first-order chi connectivity index (χ1) is 8.54. The monoisotopic (exact) mass is 247 g/mol. The standard InChI is InChI=1S/C14H17NO3/c1-4-8-15-14(17)11(3)18-13-7-5-6-12(9-13)10(2)16/h4-7,9,11H,1,8H2,2-3H3,(H,15,17). The van der Waals surface area contributed by atoms with Gasteiger partial charge in [-0.3, -0.25) is 9.59 Å². The van der Waals surface area contributed by atoms with E-state index in [1.807, 2.05) is 0 Å². The number of rotatable bonds is 6. The molecule has 1 rings (SSSR count). The first-order valence-electron chi connectivity index (χ1n) is 5.71. The molecule has 4 nitrogen and oxygen atoms in total. The van der Waals surface area contributed by atoms with Gasteiger partial charge in [0.05, 0.1) is 0 Å². The van der Waals surface area contributed by atoms with Crippen molar-refractivity contribution in [3.8, 4) is 5.75 Å². The summed E-state index contributed by atoms with van der Waals surface area (Å²) in [5.41, 5.74) is 0.561. The summed E-state index contributed by atoms with van der Waals surface area (Å²) in [5.74, 6) is 0.247. The molecule has 1 amide bonds. The Labute approximate surface area is 107 Å². The maximum Gasteiger partial charge on any atom is 0.261 e. The topological polar surface area (TPSA) is 55.4 Å². The molecular formula is C14H17NO3. The molecule has 0 spiro atoms. The summed E-state index contributed by atoms with van der Waals surface area (Å²) >= 11 is 0. The number of carbonyl (C=O) groups is 2. The van der Waals surface area contributed by atoms with E-state index in [2.05, 4.69) is 11.9 Å². The molecule has 1 aromatic rings. The summed E-state index contributed by atoms with van der Waals surface area (Å²) < 4.78 is 5.47. The van der Waals surface area contributed by atoms with Crippen LogP contribution in [0.1, 0.15) is 24.2 Å². The Morgan fingerprint density at radius 1 is 1.50 bits per heavy atom. The first-order valence-corrected chi connectivity index (χ1v) is 5.71. The molecule has 0 fully saturated rings. The number of hydrogen-bond donors (Lipinski definition) is 1. The molecule has 1 unspecified atom stereocenters. The predicted octanol–water partition coefficient (Wildman–Crippen LogP) is 1.96. The normalized spacial score (nSPS) is 11.4. The lowest BCUT2D eigenvalue weighted by Gasteiger charge is -2.14. The van der Waals surface area contributed by atoms with E-state index in [1.165, 1.54) is 6.92 Å². The fourth-order valence-electron chi connectivity index (χ4n) is 1.36. The molecular weight excluding hydrogens is 230 g/mol. The van der Waals surface area contributed by atoms with Crippen LogP contribution in [0, 0.1) is 0 Å². The second-order valence-electron chi connectivity index (χ2n) is 3.88. The van der Waals surface area contributed by atoms with Gasteiger partial charge in [-0.05, 0) is 26.0 Å². The van der Waals surface area contributed by atoms with Crippen molar-refractivity contribution in [3.05, 3.63) is 42.5 Å². The maximum atomic E-state index is 11.6. The molecule has 1 atom stereocenters. The molecule has 1 N–H and O–H groups in total. The van der Waals surface area contributed by atoms with Gasteiger partial charge in [0, 0.05) is 12.1 Å². The Bertz CT molecular complexity index is 454. The van der Waals surface area contributed by atoms with Crippen LogP contribution in [0.25, 0.3) is 0 Å². The molecule has 96 valence electrons. The van der Waals surface area contributed by atoms with Crippen LogP contribution in [0.3, 0.4) is 0 Å². The minimum absolute atomic E-state index is 0.0378. The summed E-state index contributed by atoms with van der Waals surface area (Å²) in [5, 5.41) is 2.64. The fraction of sp³-hybridized carbons (Fsp3) is 0.286. The van der Waals surface area contributed by atoms with E-state index in [4.69, 9.17) is 4.74 Å². The van der Waals surface area contributed by atoms with Gasteiger partial charge in [-0.15, -0.1) is 6.58 Å². The molecule has 0 radical (unpaired) electrons. The fourth-order valence-corrected chi connectivity index (χ4v) is 1.36. The predicted molar refractivity (Wildman–Crippen MR) is 69.7 cm³/mol. The molecule has 4 heteroatoms. The summed E-state index contributed by atoms with van der Waals surface area (Å²) in [7, 11) is 0. The number of carbonyl (C=O) groups excluding carboxylic acids is 2. The number of Topliss-reactive ketones (excluding diaryl/α,β-unsaturated/α-hetero) is 1.